The molecule has 1 aliphatic rings. The molecule has 4 aromatic rings. The number of aryl methyl sites for hydroxylation is 1. The third-order valence-electron chi connectivity index (χ3n) is 9.43. The van der Waals surface area contributed by atoms with Gasteiger partial charge in [-0.1, -0.05) is 45.7 Å². The van der Waals surface area contributed by atoms with Crippen molar-refractivity contribution in [3.63, 3.8) is 0 Å². The first-order chi connectivity index (χ1) is 22.2. The maximum Gasteiger partial charge on any atom is 0.267 e. The van der Waals surface area contributed by atoms with Gasteiger partial charge in [-0.3, -0.25) is 9.36 Å². The zero-order valence-electron chi connectivity index (χ0n) is 27.5. The van der Waals surface area contributed by atoms with Crippen molar-refractivity contribution >= 4 is 28.3 Å². The Morgan fingerprint density at radius 3 is 2.32 bits per heavy atom. The molecule has 0 spiro atoms. The lowest BCUT2D eigenvalue weighted by Crippen LogP contribution is -2.30. The number of halogens is 5. The standard InChI is InChI=1S/C37H41ClF4N4O/c1-6-8-29(43)32-21(5)31(10-9-28(32)38)46-35(27(20(3)4)17-22-15-25(39)19-26(40)16-22)45-34-33(36(46)47)23(7-2)18-30(44-34)24-11-13-37(41,42)14-12-24/h9-10,15-16,18-20,24,27,43H,6-8,11-14,17H2,1-5H3. The molecule has 0 saturated heterocycles. The van der Waals surface area contributed by atoms with Gasteiger partial charge < -0.3 is 5.41 Å². The van der Waals surface area contributed by atoms with Crippen LogP contribution in [0.25, 0.3) is 16.7 Å². The molecule has 1 unspecified atom stereocenters. The first kappa shape index (κ1) is 34.7. The fourth-order valence-electron chi connectivity index (χ4n) is 6.86. The van der Waals surface area contributed by atoms with E-state index in [4.69, 9.17) is 27.0 Å². The third kappa shape index (κ3) is 7.15. The molecule has 1 fully saturated rings. The van der Waals surface area contributed by atoms with Crippen molar-refractivity contribution in [1.82, 2.24) is 14.5 Å². The molecule has 1 N–H and O–H groups in total. The van der Waals surface area contributed by atoms with E-state index in [-0.39, 0.29) is 55.1 Å². The van der Waals surface area contributed by atoms with Gasteiger partial charge in [0.15, 0.2) is 5.65 Å². The van der Waals surface area contributed by atoms with Gasteiger partial charge in [0.2, 0.25) is 5.92 Å². The van der Waals surface area contributed by atoms with Crippen LogP contribution in [0.2, 0.25) is 5.02 Å². The van der Waals surface area contributed by atoms with Crippen LogP contribution in [0.5, 0.6) is 0 Å². The van der Waals surface area contributed by atoms with Gasteiger partial charge in [-0.2, -0.15) is 0 Å². The Balaban J connectivity index is 1.81. The highest BCUT2D eigenvalue weighted by molar-refractivity contribution is 6.34. The molecule has 1 saturated carbocycles. The van der Waals surface area contributed by atoms with Crippen LogP contribution in [0, 0.1) is 29.9 Å². The van der Waals surface area contributed by atoms with E-state index >= 15 is 0 Å². The summed E-state index contributed by atoms with van der Waals surface area (Å²) in [5, 5.41) is 9.48. The fourth-order valence-corrected chi connectivity index (χ4v) is 7.18. The molecule has 0 aliphatic heterocycles. The maximum absolute atomic E-state index is 14.8. The molecule has 0 bridgehead atoms. The van der Waals surface area contributed by atoms with E-state index in [0.717, 1.165) is 18.1 Å². The van der Waals surface area contributed by atoms with E-state index in [1.807, 2.05) is 40.7 Å². The van der Waals surface area contributed by atoms with Gasteiger partial charge in [-0.25, -0.2) is 27.5 Å². The van der Waals surface area contributed by atoms with Gasteiger partial charge in [-0.15, -0.1) is 0 Å². The third-order valence-corrected chi connectivity index (χ3v) is 9.74. The van der Waals surface area contributed by atoms with E-state index in [9.17, 15) is 22.4 Å². The van der Waals surface area contributed by atoms with Crippen LogP contribution >= 0.6 is 11.6 Å². The summed E-state index contributed by atoms with van der Waals surface area (Å²) in [6.07, 6.45) is 2.06. The number of hydrogen-bond acceptors (Lipinski definition) is 4. The number of hydrogen-bond donors (Lipinski definition) is 1. The Morgan fingerprint density at radius 1 is 1.06 bits per heavy atom. The molecule has 2 heterocycles. The van der Waals surface area contributed by atoms with Gasteiger partial charge in [0, 0.05) is 47.7 Å². The predicted molar refractivity (Wildman–Crippen MR) is 180 cm³/mol. The Bertz CT molecular complexity index is 1860. The summed E-state index contributed by atoms with van der Waals surface area (Å²) >= 11 is 6.63. The van der Waals surface area contributed by atoms with E-state index in [1.165, 1.54) is 12.1 Å². The number of nitrogens with zero attached hydrogens (tertiary/aromatic N) is 3. The second-order valence-corrected chi connectivity index (χ2v) is 13.5. The smallest absolute Gasteiger partial charge is 0.267 e. The van der Waals surface area contributed by atoms with Crippen LogP contribution in [0.15, 0.2) is 41.2 Å². The minimum absolute atomic E-state index is 0.128. The summed E-state index contributed by atoms with van der Waals surface area (Å²) in [5.41, 5.74) is 3.72. The first-order valence-corrected chi connectivity index (χ1v) is 16.8. The van der Waals surface area contributed by atoms with E-state index in [1.54, 1.807) is 16.7 Å². The molecule has 2 aromatic heterocycles. The van der Waals surface area contributed by atoms with Crippen molar-refractivity contribution in [3.05, 3.63) is 97.2 Å². The second-order valence-electron chi connectivity index (χ2n) is 13.1. The lowest BCUT2D eigenvalue weighted by atomic mass is 9.84. The molecule has 5 rings (SSSR count). The van der Waals surface area contributed by atoms with Crippen molar-refractivity contribution in [2.75, 3.05) is 0 Å². The van der Waals surface area contributed by atoms with Crippen molar-refractivity contribution in [2.24, 2.45) is 5.92 Å². The van der Waals surface area contributed by atoms with Crippen LogP contribution in [-0.2, 0) is 12.8 Å². The van der Waals surface area contributed by atoms with Crippen molar-refractivity contribution in [1.29, 1.82) is 5.41 Å². The molecular formula is C37H41ClF4N4O. The number of aromatic nitrogens is 3. The number of fused-ring (bicyclic) bond motifs is 1. The van der Waals surface area contributed by atoms with Crippen LogP contribution in [0.1, 0.15) is 112 Å². The van der Waals surface area contributed by atoms with Crippen molar-refractivity contribution in [2.45, 2.75) is 104 Å². The molecule has 47 heavy (non-hydrogen) atoms. The van der Waals surface area contributed by atoms with E-state index in [0.29, 0.717) is 62.9 Å². The van der Waals surface area contributed by atoms with Gasteiger partial charge in [0.05, 0.1) is 16.1 Å². The number of rotatable bonds is 10. The van der Waals surface area contributed by atoms with Crippen molar-refractivity contribution in [3.8, 4) is 5.69 Å². The molecule has 0 amide bonds. The first-order valence-electron chi connectivity index (χ1n) is 16.4. The number of nitrogens with one attached hydrogen (secondary N) is 1. The topological polar surface area (TPSA) is 71.6 Å². The molecule has 1 atom stereocenters. The van der Waals surface area contributed by atoms with Crippen molar-refractivity contribution < 1.29 is 17.6 Å². The minimum atomic E-state index is -2.69. The summed E-state index contributed by atoms with van der Waals surface area (Å²) in [4.78, 5) is 24.7. The summed E-state index contributed by atoms with van der Waals surface area (Å²) in [6.45, 7) is 9.66. The van der Waals surface area contributed by atoms with Crippen LogP contribution < -0.4 is 5.56 Å². The maximum atomic E-state index is 14.8. The zero-order chi connectivity index (χ0) is 34.2. The van der Waals surface area contributed by atoms with Crippen LogP contribution in [-0.4, -0.2) is 26.2 Å². The molecule has 250 valence electrons. The average Bonchev–Trinajstić information content (AvgIpc) is 2.99. The highest BCUT2D eigenvalue weighted by Gasteiger charge is 2.36. The monoisotopic (exact) mass is 668 g/mol. The Kier molecular flexibility index (Phi) is 10.3. The summed E-state index contributed by atoms with van der Waals surface area (Å²) in [7, 11) is 0. The number of benzene rings is 2. The summed E-state index contributed by atoms with van der Waals surface area (Å²) < 4.78 is 58.3. The van der Waals surface area contributed by atoms with Gasteiger partial charge in [0.1, 0.15) is 17.5 Å². The average molecular weight is 669 g/mol. The number of alkyl halides is 2. The second kappa shape index (κ2) is 13.9. The molecule has 0 radical (unpaired) electrons. The quantitative estimate of drug-likeness (QED) is 0.135. The lowest BCUT2D eigenvalue weighted by molar-refractivity contribution is -0.0384. The van der Waals surface area contributed by atoms with E-state index in [2.05, 4.69) is 0 Å². The SMILES string of the molecule is CCCC(=N)c1c(Cl)ccc(-n2c(C(Cc3cc(F)cc(F)c3)C(C)C)nc3nc(C4CCC(F)(F)CC4)cc(CC)c3c2=O)c1C. The molecule has 5 nitrogen and oxygen atoms in total. The Morgan fingerprint density at radius 2 is 1.72 bits per heavy atom. The molecule has 1 aliphatic carbocycles. The van der Waals surface area contributed by atoms with Gasteiger partial charge >= 0.3 is 0 Å². The normalized spacial score (nSPS) is 15.8. The summed E-state index contributed by atoms with van der Waals surface area (Å²) in [6, 6.07) is 8.66. The molecular weight excluding hydrogens is 628 g/mol. The van der Waals surface area contributed by atoms with Gasteiger partial charge in [-0.05, 0) is 92.0 Å². The van der Waals surface area contributed by atoms with Crippen LogP contribution in [0.3, 0.4) is 0 Å². The minimum Gasteiger partial charge on any atom is -0.305 e. The molecule has 2 aromatic carbocycles. The fraction of sp³-hybridized carbons (Fsp3) is 0.459. The van der Waals surface area contributed by atoms with E-state index < -0.39 is 23.5 Å². The highest BCUT2D eigenvalue weighted by Crippen LogP contribution is 2.41. The largest absolute Gasteiger partial charge is 0.305 e. The predicted octanol–water partition coefficient (Wildman–Crippen LogP) is 10.0. The summed E-state index contributed by atoms with van der Waals surface area (Å²) in [5.74, 6) is -4.51. The zero-order valence-corrected chi connectivity index (χ0v) is 28.2. The Hall–Kier alpha value is -3.59. The molecule has 10 heteroatoms. The lowest BCUT2D eigenvalue weighted by Gasteiger charge is -2.29. The van der Waals surface area contributed by atoms with Crippen LogP contribution in [0.4, 0.5) is 17.6 Å². The highest BCUT2D eigenvalue weighted by atomic mass is 35.5. The Labute approximate surface area is 277 Å². The number of pyridine rings is 1. The van der Waals surface area contributed by atoms with Gasteiger partial charge in [0.25, 0.3) is 5.56 Å².